The fraction of sp³-hybridized carbons (Fsp3) is 0.238. The third-order valence-electron chi connectivity index (χ3n) is 4.63. The fourth-order valence-corrected chi connectivity index (χ4v) is 3.23. The van der Waals surface area contributed by atoms with Gasteiger partial charge in [-0.1, -0.05) is 28.1 Å². The SMILES string of the molecule is O=C(C=Cc1ccc(Br)cc1)N1CCN(C(=O)c2ccc(C(F)(F)F)cc2)CC1. The van der Waals surface area contributed by atoms with Crippen molar-refractivity contribution in [3.8, 4) is 0 Å². The molecule has 0 saturated carbocycles. The Kier molecular flexibility index (Phi) is 6.42. The van der Waals surface area contributed by atoms with E-state index in [1.807, 2.05) is 24.3 Å². The maximum Gasteiger partial charge on any atom is 0.416 e. The molecule has 1 saturated heterocycles. The maximum atomic E-state index is 12.6. The van der Waals surface area contributed by atoms with Crippen molar-refractivity contribution >= 4 is 33.8 Å². The molecule has 2 aromatic carbocycles. The highest BCUT2D eigenvalue weighted by atomic mass is 79.9. The Balaban J connectivity index is 1.55. The predicted octanol–water partition coefficient (Wildman–Crippen LogP) is 4.47. The Morgan fingerprint density at radius 3 is 1.97 bits per heavy atom. The van der Waals surface area contributed by atoms with Crippen LogP contribution in [0.5, 0.6) is 0 Å². The summed E-state index contributed by atoms with van der Waals surface area (Å²) in [6, 6.07) is 11.7. The van der Waals surface area contributed by atoms with Gasteiger partial charge in [0.1, 0.15) is 0 Å². The number of hydrogen-bond donors (Lipinski definition) is 0. The van der Waals surface area contributed by atoms with Gasteiger partial charge in [-0.3, -0.25) is 9.59 Å². The molecule has 0 bridgehead atoms. The van der Waals surface area contributed by atoms with Crippen molar-refractivity contribution in [2.24, 2.45) is 0 Å². The molecule has 4 nitrogen and oxygen atoms in total. The van der Waals surface area contributed by atoms with Crippen LogP contribution >= 0.6 is 15.9 Å². The van der Waals surface area contributed by atoms with Crippen LogP contribution in [0.15, 0.2) is 59.1 Å². The summed E-state index contributed by atoms with van der Waals surface area (Å²) in [5.41, 5.74) is 0.313. The van der Waals surface area contributed by atoms with E-state index in [-0.39, 0.29) is 17.4 Å². The van der Waals surface area contributed by atoms with Crippen LogP contribution in [-0.2, 0) is 11.0 Å². The summed E-state index contributed by atoms with van der Waals surface area (Å²) in [4.78, 5) is 28.0. The third kappa shape index (κ3) is 5.47. The van der Waals surface area contributed by atoms with Crippen molar-refractivity contribution in [2.75, 3.05) is 26.2 Å². The highest BCUT2D eigenvalue weighted by molar-refractivity contribution is 9.10. The number of piperazine rings is 1. The second-order valence-electron chi connectivity index (χ2n) is 6.58. The Morgan fingerprint density at radius 1 is 0.862 bits per heavy atom. The van der Waals surface area contributed by atoms with Crippen molar-refractivity contribution < 1.29 is 22.8 Å². The average Bonchev–Trinajstić information content (AvgIpc) is 2.72. The number of carbonyl (C=O) groups is 2. The summed E-state index contributed by atoms with van der Waals surface area (Å²) in [7, 11) is 0. The van der Waals surface area contributed by atoms with Crippen LogP contribution in [0.4, 0.5) is 13.2 Å². The number of rotatable bonds is 3. The van der Waals surface area contributed by atoms with Crippen LogP contribution in [0, 0.1) is 0 Å². The molecular weight excluding hydrogens is 449 g/mol. The summed E-state index contributed by atoms with van der Waals surface area (Å²) < 4.78 is 38.9. The van der Waals surface area contributed by atoms with E-state index in [4.69, 9.17) is 0 Å². The molecule has 0 spiro atoms. The standard InChI is InChI=1S/C21H18BrF3N2O2/c22-18-8-1-15(2-9-18)3-10-19(28)26-11-13-27(14-12-26)20(29)16-4-6-17(7-5-16)21(23,24)25/h1-10H,11-14H2. The Hall–Kier alpha value is -2.61. The summed E-state index contributed by atoms with van der Waals surface area (Å²) in [5.74, 6) is -0.481. The quantitative estimate of drug-likeness (QED) is 0.626. The molecular formula is C21H18BrF3N2O2. The molecule has 0 unspecified atom stereocenters. The van der Waals surface area contributed by atoms with Crippen LogP contribution in [0.1, 0.15) is 21.5 Å². The monoisotopic (exact) mass is 466 g/mol. The van der Waals surface area contributed by atoms with E-state index >= 15 is 0 Å². The summed E-state index contributed by atoms with van der Waals surface area (Å²) >= 11 is 3.35. The number of benzene rings is 2. The minimum Gasteiger partial charge on any atom is -0.336 e. The van der Waals surface area contributed by atoms with Gasteiger partial charge in [-0.05, 0) is 48.0 Å². The summed E-state index contributed by atoms with van der Waals surface area (Å²) in [5, 5.41) is 0. The smallest absolute Gasteiger partial charge is 0.336 e. The molecule has 2 amide bonds. The van der Waals surface area contributed by atoms with E-state index in [2.05, 4.69) is 15.9 Å². The Morgan fingerprint density at radius 2 is 1.41 bits per heavy atom. The van der Waals surface area contributed by atoms with Crippen LogP contribution < -0.4 is 0 Å². The average molecular weight is 467 g/mol. The molecule has 2 aromatic rings. The summed E-state index contributed by atoms with van der Waals surface area (Å²) in [6.45, 7) is 1.40. The van der Waals surface area contributed by atoms with Crippen LogP contribution in [0.25, 0.3) is 6.08 Å². The van der Waals surface area contributed by atoms with E-state index in [9.17, 15) is 22.8 Å². The number of alkyl halides is 3. The molecule has 8 heteroatoms. The Labute approximate surface area is 174 Å². The van der Waals surface area contributed by atoms with Gasteiger partial charge >= 0.3 is 6.18 Å². The zero-order valence-corrected chi connectivity index (χ0v) is 16.9. The maximum absolute atomic E-state index is 12.6. The van der Waals surface area contributed by atoms with Crippen molar-refractivity contribution in [3.63, 3.8) is 0 Å². The lowest BCUT2D eigenvalue weighted by molar-refractivity contribution is -0.137. The number of halogens is 4. The Bertz CT molecular complexity index is 901. The minimum atomic E-state index is -4.43. The lowest BCUT2D eigenvalue weighted by atomic mass is 10.1. The molecule has 1 heterocycles. The fourth-order valence-electron chi connectivity index (χ4n) is 2.96. The first-order chi connectivity index (χ1) is 13.7. The van der Waals surface area contributed by atoms with Crippen molar-refractivity contribution in [1.82, 2.24) is 9.80 Å². The predicted molar refractivity (Wildman–Crippen MR) is 107 cm³/mol. The van der Waals surface area contributed by atoms with E-state index in [0.29, 0.717) is 26.2 Å². The zero-order valence-electron chi connectivity index (χ0n) is 15.3. The van der Waals surface area contributed by atoms with Crippen molar-refractivity contribution in [2.45, 2.75) is 6.18 Å². The lowest BCUT2D eigenvalue weighted by Gasteiger charge is -2.34. The molecule has 152 valence electrons. The number of amides is 2. The number of nitrogens with zero attached hydrogens (tertiary/aromatic N) is 2. The van der Waals surface area contributed by atoms with Gasteiger partial charge in [-0.25, -0.2) is 0 Å². The van der Waals surface area contributed by atoms with E-state index in [0.717, 1.165) is 22.2 Å². The highest BCUT2D eigenvalue weighted by Gasteiger charge is 2.31. The van der Waals surface area contributed by atoms with E-state index in [1.165, 1.54) is 18.2 Å². The van der Waals surface area contributed by atoms with Gasteiger partial charge in [0, 0.05) is 42.3 Å². The van der Waals surface area contributed by atoms with E-state index in [1.54, 1.807) is 15.9 Å². The van der Waals surface area contributed by atoms with Gasteiger partial charge in [-0.15, -0.1) is 0 Å². The molecule has 1 aliphatic heterocycles. The molecule has 0 aliphatic carbocycles. The van der Waals surface area contributed by atoms with Gasteiger partial charge in [0.25, 0.3) is 5.91 Å². The van der Waals surface area contributed by atoms with Gasteiger partial charge in [0.05, 0.1) is 5.56 Å². The zero-order chi connectivity index (χ0) is 21.0. The molecule has 0 aromatic heterocycles. The molecule has 0 radical (unpaired) electrons. The van der Waals surface area contributed by atoms with Crippen LogP contribution in [0.2, 0.25) is 0 Å². The first-order valence-electron chi connectivity index (χ1n) is 8.93. The second-order valence-corrected chi connectivity index (χ2v) is 7.49. The highest BCUT2D eigenvalue weighted by Crippen LogP contribution is 2.29. The molecule has 1 fully saturated rings. The van der Waals surface area contributed by atoms with Gasteiger partial charge in [0.15, 0.2) is 0 Å². The van der Waals surface area contributed by atoms with Gasteiger partial charge in [0.2, 0.25) is 5.91 Å². The molecule has 0 atom stereocenters. The van der Waals surface area contributed by atoms with Crippen molar-refractivity contribution in [1.29, 1.82) is 0 Å². The van der Waals surface area contributed by atoms with Crippen LogP contribution in [0.3, 0.4) is 0 Å². The van der Waals surface area contributed by atoms with Crippen LogP contribution in [-0.4, -0.2) is 47.8 Å². The number of carbonyl (C=O) groups excluding carboxylic acids is 2. The topological polar surface area (TPSA) is 40.6 Å². The largest absolute Gasteiger partial charge is 0.416 e. The molecule has 0 N–H and O–H groups in total. The second kappa shape index (κ2) is 8.82. The summed E-state index contributed by atoms with van der Waals surface area (Å²) in [6.07, 6.45) is -1.21. The molecule has 1 aliphatic rings. The van der Waals surface area contributed by atoms with Crippen molar-refractivity contribution in [3.05, 3.63) is 75.8 Å². The third-order valence-corrected chi connectivity index (χ3v) is 5.15. The van der Waals surface area contributed by atoms with E-state index < -0.39 is 11.7 Å². The van der Waals surface area contributed by atoms with Gasteiger partial charge in [-0.2, -0.15) is 13.2 Å². The molecule has 29 heavy (non-hydrogen) atoms. The first kappa shape index (κ1) is 21.1. The molecule has 3 rings (SSSR count). The van der Waals surface area contributed by atoms with Gasteiger partial charge < -0.3 is 9.80 Å². The first-order valence-corrected chi connectivity index (χ1v) is 9.72. The lowest BCUT2D eigenvalue weighted by Crippen LogP contribution is -2.50. The minimum absolute atomic E-state index is 0.144. The normalized spacial score (nSPS) is 15.0. The number of hydrogen-bond acceptors (Lipinski definition) is 2.